The van der Waals surface area contributed by atoms with E-state index in [1.807, 2.05) is 32.0 Å². The zero-order chi connectivity index (χ0) is 12.1. The van der Waals surface area contributed by atoms with Crippen molar-refractivity contribution in [3.05, 3.63) is 28.2 Å². The molecule has 0 aliphatic heterocycles. The second-order valence-corrected chi connectivity index (χ2v) is 4.97. The van der Waals surface area contributed by atoms with Gasteiger partial charge in [-0.2, -0.15) is 0 Å². The molecule has 0 heterocycles. The second-order valence-electron chi connectivity index (χ2n) is 4.05. The third-order valence-corrected chi connectivity index (χ3v) is 2.90. The van der Waals surface area contributed by atoms with E-state index in [1.165, 1.54) is 0 Å². The summed E-state index contributed by atoms with van der Waals surface area (Å²) in [5.74, 6) is 0.228. The molecule has 3 N–H and O–H groups in total. The minimum absolute atomic E-state index is 0.0131. The van der Waals surface area contributed by atoms with E-state index in [4.69, 9.17) is 5.73 Å². The van der Waals surface area contributed by atoms with Crippen LogP contribution in [-0.4, -0.2) is 12.5 Å². The van der Waals surface area contributed by atoms with Crippen LogP contribution in [0.4, 0.5) is 5.69 Å². The number of carbonyl (C=O) groups is 1. The van der Waals surface area contributed by atoms with Crippen molar-refractivity contribution in [1.29, 1.82) is 0 Å². The Labute approximate surface area is 105 Å². The Kier molecular flexibility index (Phi) is 4.96. The van der Waals surface area contributed by atoms with E-state index < -0.39 is 0 Å². The van der Waals surface area contributed by atoms with E-state index in [0.29, 0.717) is 13.0 Å². The third-order valence-electron chi connectivity index (χ3n) is 2.41. The van der Waals surface area contributed by atoms with Crippen molar-refractivity contribution < 1.29 is 4.79 Å². The zero-order valence-corrected chi connectivity index (χ0v) is 11.2. The van der Waals surface area contributed by atoms with Gasteiger partial charge < -0.3 is 11.1 Å². The Hall–Kier alpha value is -0.870. The van der Waals surface area contributed by atoms with E-state index >= 15 is 0 Å². The number of aryl methyl sites for hydroxylation is 1. The molecule has 0 saturated heterocycles. The molecule has 0 aromatic heterocycles. The average Bonchev–Trinajstić information content (AvgIpc) is 2.23. The molecule has 0 aliphatic carbocycles. The Morgan fingerprint density at radius 2 is 2.25 bits per heavy atom. The topological polar surface area (TPSA) is 55.1 Å². The lowest BCUT2D eigenvalue weighted by Gasteiger charge is -2.11. The summed E-state index contributed by atoms with van der Waals surface area (Å²) >= 11 is 3.38. The van der Waals surface area contributed by atoms with Crippen LogP contribution in [0.25, 0.3) is 0 Å². The van der Waals surface area contributed by atoms with Crippen molar-refractivity contribution in [3.8, 4) is 0 Å². The van der Waals surface area contributed by atoms with Gasteiger partial charge >= 0.3 is 0 Å². The summed E-state index contributed by atoms with van der Waals surface area (Å²) in [6.07, 6.45) is 0.461. The number of carbonyl (C=O) groups excluding carboxylic acids is 1. The lowest BCUT2D eigenvalue weighted by molar-refractivity contribution is -0.116. The molecular formula is C12H17BrN2O. The Morgan fingerprint density at radius 1 is 1.56 bits per heavy atom. The molecule has 4 heteroatoms. The minimum Gasteiger partial charge on any atom is -0.330 e. The fourth-order valence-electron chi connectivity index (χ4n) is 1.33. The molecular weight excluding hydrogens is 268 g/mol. The van der Waals surface area contributed by atoms with Crippen LogP contribution < -0.4 is 11.1 Å². The highest BCUT2D eigenvalue weighted by Crippen LogP contribution is 2.21. The van der Waals surface area contributed by atoms with E-state index in [2.05, 4.69) is 21.2 Å². The number of nitrogens with two attached hydrogens (primary N) is 1. The van der Waals surface area contributed by atoms with Gasteiger partial charge in [0.05, 0.1) is 0 Å². The standard InChI is InChI=1S/C12H17BrN2O/c1-8(7-14)5-12(16)15-11-6-10(13)4-3-9(11)2/h3-4,6,8H,5,7,14H2,1-2H3,(H,15,16). The molecule has 0 spiro atoms. The number of rotatable bonds is 4. The van der Waals surface area contributed by atoms with Crippen LogP contribution in [-0.2, 0) is 4.79 Å². The van der Waals surface area contributed by atoms with Gasteiger partial charge in [-0.3, -0.25) is 4.79 Å². The van der Waals surface area contributed by atoms with E-state index in [0.717, 1.165) is 15.7 Å². The normalized spacial score (nSPS) is 12.2. The fourth-order valence-corrected chi connectivity index (χ4v) is 1.69. The van der Waals surface area contributed by atoms with Gasteiger partial charge in [0.2, 0.25) is 5.91 Å². The molecule has 0 fully saturated rings. The first kappa shape index (κ1) is 13.2. The molecule has 1 amide bonds. The fraction of sp³-hybridized carbons (Fsp3) is 0.417. The van der Waals surface area contributed by atoms with Crippen LogP contribution in [0.1, 0.15) is 18.9 Å². The summed E-state index contributed by atoms with van der Waals surface area (Å²) in [6.45, 7) is 4.46. The maximum Gasteiger partial charge on any atom is 0.224 e. The first-order valence-corrected chi connectivity index (χ1v) is 6.08. The second kappa shape index (κ2) is 6.01. The minimum atomic E-state index is 0.0131. The van der Waals surface area contributed by atoms with Crippen molar-refractivity contribution in [2.45, 2.75) is 20.3 Å². The highest BCUT2D eigenvalue weighted by Gasteiger charge is 2.09. The lowest BCUT2D eigenvalue weighted by atomic mass is 10.1. The molecule has 3 nitrogen and oxygen atoms in total. The third kappa shape index (κ3) is 3.94. The summed E-state index contributed by atoms with van der Waals surface area (Å²) < 4.78 is 0.959. The van der Waals surface area contributed by atoms with Crippen LogP contribution in [0, 0.1) is 12.8 Å². The van der Waals surface area contributed by atoms with Crippen LogP contribution in [0.2, 0.25) is 0 Å². The van der Waals surface area contributed by atoms with E-state index in [-0.39, 0.29) is 11.8 Å². The van der Waals surface area contributed by atoms with Gasteiger partial charge in [-0.25, -0.2) is 0 Å². The van der Waals surface area contributed by atoms with Gasteiger partial charge in [0.15, 0.2) is 0 Å². The molecule has 16 heavy (non-hydrogen) atoms. The molecule has 1 aromatic rings. The smallest absolute Gasteiger partial charge is 0.224 e. The van der Waals surface area contributed by atoms with Crippen LogP contribution in [0.3, 0.4) is 0 Å². The van der Waals surface area contributed by atoms with E-state index in [9.17, 15) is 4.79 Å². The molecule has 88 valence electrons. The molecule has 0 radical (unpaired) electrons. The summed E-state index contributed by atoms with van der Waals surface area (Å²) in [4.78, 5) is 11.7. The molecule has 0 aliphatic rings. The number of amides is 1. The quantitative estimate of drug-likeness (QED) is 0.893. The highest BCUT2D eigenvalue weighted by molar-refractivity contribution is 9.10. The summed E-state index contributed by atoms with van der Waals surface area (Å²) in [7, 11) is 0. The monoisotopic (exact) mass is 284 g/mol. The van der Waals surface area contributed by atoms with Crippen molar-refractivity contribution in [2.75, 3.05) is 11.9 Å². The molecule has 0 saturated carbocycles. The molecule has 1 unspecified atom stereocenters. The summed E-state index contributed by atoms with van der Waals surface area (Å²) in [5.41, 5.74) is 7.38. The number of benzene rings is 1. The van der Waals surface area contributed by atoms with Crippen molar-refractivity contribution in [2.24, 2.45) is 11.7 Å². The van der Waals surface area contributed by atoms with Crippen molar-refractivity contribution >= 4 is 27.5 Å². The first-order chi connectivity index (χ1) is 7.52. The number of halogens is 1. The molecule has 1 aromatic carbocycles. The van der Waals surface area contributed by atoms with Gasteiger partial charge in [0.25, 0.3) is 0 Å². The predicted octanol–water partition coefficient (Wildman–Crippen LogP) is 2.68. The van der Waals surface area contributed by atoms with Gasteiger partial charge in [-0.15, -0.1) is 0 Å². The lowest BCUT2D eigenvalue weighted by Crippen LogP contribution is -2.20. The van der Waals surface area contributed by atoms with Crippen molar-refractivity contribution in [1.82, 2.24) is 0 Å². The van der Waals surface area contributed by atoms with Gasteiger partial charge in [0, 0.05) is 16.6 Å². The van der Waals surface area contributed by atoms with Gasteiger partial charge in [0.1, 0.15) is 0 Å². The molecule has 0 bridgehead atoms. The summed E-state index contributed by atoms with van der Waals surface area (Å²) in [5, 5.41) is 2.89. The summed E-state index contributed by atoms with van der Waals surface area (Å²) in [6, 6.07) is 5.82. The van der Waals surface area contributed by atoms with Gasteiger partial charge in [-0.05, 0) is 37.1 Å². The van der Waals surface area contributed by atoms with Crippen LogP contribution in [0.5, 0.6) is 0 Å². The Bertz CT molecular complexity index is 379. The van der Waals surface area contributed by atoms with Crippen LogP contribution in [0.15, 0.2) is 22.7 Å². The first-order valence-electron chi connectivity index (χ1n) is 5.29. The largest absolute Gasteiger partial charge is 0.330 e. The maximum absolute atomic E-state index is 11.7. The average molecular weight is 285 g/mol. The Balaban J connectivity index is 2.65. The zero-order valence-electron chi connectivity index (χ0n) is 9.59. The maximum atomic E-state index is 11.7. The Morgan fingerprint density at radius 3 is 2.88 bits per heavy atom. The number of hydrogen-bond donors (Lipinski definition) is 2. The number of nitrogens with one attached hydrogen (secondary N) is 1. The molecule has 1 atom stereocenters. The highest BCUT2D eigenvalue weighted by atomic mass is 79.9. The number of anilines is 1. The SMILES string of the molecule is Cc1ccc(Br)cc1NC(=O)CC(C)CN. The van der Waals surface area contributed by atoms with Gasteiger partial charge in [-0.1, -0.05) is 28.9 Å². The predicted molar refractivity (Wildman–Crippen MR) is 70.3 cm³/mol. The molecule has 1 rings (SSSR count). The number of hydrogen-bond acceptors (Lipinski definition) is 2. The van der Waals surface area contributed by atoms with Crippen LogP contribution >= 0.6 is 15.9 Å². The van der Waals surface area contributed by atoms with E-state index in [1.54, 1.807) is 0 Å². The van der Waals surface area contributed by atoms with Crippen molar-refractivity contribution in [3.63, 3.8) is 0 Å².